The Morgan fingerprint density at radius 2 is 2.22 bits per heavy atom. The first kappa shape index (κ1) is 11.4. The van der Waals surface area contributed by atoms with E-state index in [9.17, 15) is 4.79 Å². The maximum atomic E-state index is 11.5. The van der Waals surface area contributed by atoms with Crippen LogP contribution < -0.4 is 10.6 Å². The molecule has 1 aliphatic heterocycles. The summed E-state index contributed by atoms with van der Waals surface area (Å²) < 4.78 is 0. The fraction of sp³-hybridized carbons (Fsp3) is 0.333. The lowest BCUT2D eigenvalue weighted by Crippen LogP contribution is -2.32. The minimum Gasteiger partial charge on any atom is -0.369 e. The number of hydrogen-bond donors (Lipinski definition) is 2. The number of primary amides is 1. The highest BCUT2D eigenvalue weighted by atomic mass is 32.2. The van der Waals surface area contributed by atoms with E-state index in [1.807, 2.05) is 17.8 Å². The number of thioether (sulfide) groups is 1. The third kappa shape index (κ3) is 1.82. The number of aromatic nitrogens is 2. The van der Waals surface area contributed by atoms with E-state index in [1.54, 1.807) is 12.4 Å². The third-order valence-corrected chi connectivity index (χ3v) is 4.11. The van der Waals surface area contributed by atoms with Gasteiger partial charge in [0, 0.05) is 37.0 Å². The van der Waals surface area contributed by atoms with Gasteiger partial charge in [0.05, 0.1) is 16.6 Å². The van der Waals surface area contributed by atoms with Crippen molar-refractivity contribution in [3.8, 4) is 0 Å². The molecule has 1 aliphatic rings. The van der Waals surface area contributed by atoms with Gasteiger partial charge in [-0.15, -0.1) is 0 Å². The van der Waals surface area contributed by atoms with Crippen LogP contribution in [0.1, 0.15) is 10.4 Å². The third-order valence-electron chi connectivity index (χ3n) is 3.17. The van der Waals surface area contributed by atoms with Crippen molar-refractivity contribution in [1.29, 1.82) is 0 Å². The number of nitrogens with one attached hydrogen (secondary N) is 1. The molecule has 94 valence electrons. The largest absolute Gasteiger partial charge is 0.369 e. The Bertz CT molecular complexity index is 589. The van der Waals surface area contributed by atoms with Gasteiger partial charge >= 0.3 is 0 Å². The van der Waals surface area contributed by atoms with Gasteiger partial charge in [0.1, 0.15) is 5.65 Å². The van der Waals surface area contributed by atoms with Gasteiger partial charge in [0.2, 0.25) is 0 Å². The second-order valence-corrected chi connectivity index (χ2v) is 5.44. The summed E-state index contributed by atoms with van der Waals surface area (Å²) in [6.45, 7) is 1.99. The number of nitrogens with two attached hydrogens (primary N) is 1. The average molecular weight is 262 g/mol. The molecular weight excluding hydrogens is 248 g/mol. The molecule has 2 aromatic rings. The number of amides is 1. The molecule has 1 fully saturated rings. The summed E-state index contributed by atoms with van der Waals surface area (Å²) >= 11 is 1.95. The van der Waals surface area contributed by atoms with Crippen LogP contribution >= 0.6 is 11.8 Å². The number of aromatic amines is 1. The van der Waals surface area contributed by atoms with Crippen LogP contribution in [0, 0.1) is 0 Å². The number of rotatable bonds is 2. The number of fused-ring (bicyclic) bond motifs is 1. The molecule has 3 rings (SSSR count). The van der Waals surface area contributed by atoms with Gasteiger partial charge in [-0.2, -0.15) is 11.8 Å². The quantitative estimate of drug-likeness (QED) is 0.853. The predicted molar refractivity (Wildman–Crippen MR) is 74.1 cm³/mol. The van der Waals surface area contributed by atoms with E-state index in [0.717, 1.165) is 41.3 Å². The van der Waals surface area contributed by atoms with E-state index in [2.05, 4.69) is 14.9 Å². The number of pyridine rings is 1. The van der Waals surface area contributed by atoms with E-state index in [1.165, 1.54) is 0 Å². The normalized spacial score (nSPS) is 16.1. The Balaban J connectivity index is 2.15. The molecule has 0 radical (unpaired) electrons. The Morgan fingerprint density at radius 3 is 2.94 bits per heavy atom. The predicted octanol–water partition coefficient (Wildman–Crippen LogP) is 1.22. The first-order valence-electron chi connectivity index (χ1n) is 5.86. The zero-order valence-electron chi connectivity index (χ0n) is 9.85. The summed E-state index contributed by atoms with van der Waals surface area (Å²) in [7, 11) is 0. The molecule has 6 heteroatoms. The minimum atomic E-state index is -0.415. The number of hydrogen-bond acceptors (Lipinski definition) is 4. The molecule has 0 atom stereocenters. The maximum absolute atomic E-state index is 11.5. The molecule has 1 saturated heterocycles. The first-order valence-corrected chi connectivity index (χ1v) is 7.01. The topological polar surface area (TPSA) is 75.0 Å². The number of H-pyrrole nitrogens is 1. The fourth-order valence-electron chi connectivity index (χ4n) is 2.30. The molecule has 0 aromatic carbocycles. The lowest BCUT2D eigenvalue weighted by atomic mass is 10.1. The second-order valence-electron chi connectivity index (χ2n) is 4.22. The summed E-state index contributed by atoms with van der Waals surface area (Å²) in [5, 5.41) is 0.844. The second kappa shape index (κ2) is 4.53. The SMILES string of the molecule is NC(=O)c1c[nH]c2nccc(N3CCSCC3)c12. The van der Waals surface area contributed by atoms with Crippen LogP contribution in [0.5, 0.6) is 0 Å². The summed E-state index contributed by atoms with van der Waals surface area (Å²) in [5.74, 6) is 1.81. The molecule has 0 bridgehead atoms. The van der Waals surface area contributed by atoms with Crippen molar-refractivity contribution in [3.05, 3.63) is 24.0 Å². The van der Waals surface area contributed by atoms with E-state index < -0.39 is 5.91 Å². The van der Waals surface area contributed by atoms with Crippen molar-refractivity contribution in [3.63, 3.8) is 0 Å². The number of carbonyl (C=O) groups is 1. The molecule has 0 saturated carbocycles. The van der Waals surface area contributed by atoms with Crippen molar-refractivity contribution in [1.82, 2.24) is 9.97 Å². The van der Waals surface area contributed by atoms with E-state index in [-0.39, 0.29) is 0 Å². The molecule has 0 spiro atoms. The lowest BCUT2D eigenvalue weighted by Gasteiger charge is -2.29. The van der Waals surface area contributed by atoms with Gasteiger partial charge in [0.25, 0.3) is 5.91 Å². The Kier molecular flexibility index (Phi) is 2.87. The Labute approximate surface area is 109 Å². The van der Waals surface area contributed by atoms with E-state index >= 15 is 0 Å². The highest BCUT2D eigenvalue weighted by Gasteiger charge is 2.19. The Hall–Kier alpha value is -1.69. The van der Waals surface area contributed by atoms with Crippen molar-refractivity contribution in [2.75, 3.05) is 29.5 Å². The minimum absolute atomic E-state index is 0.415. The number of nitrogens with zero attached hydrogens (tertiary/aromatic N) is 2. The molecule has 18 heavy (non-hydrogen) atoms. The lowest BCUT2D eigenvalue weighted by molar-refractivity contribution is 0.100. The summed E-state index contributed by atoms with van der Waals surface area (Å²) in [6, 6.07) is 1.96. The van der Waals surface area contributed by atoms with Crippen LogP contribution in [0.2, 0.25) is 0 Å². The summed E-state index contributed by atoms with van der Waals surface area (Å²) in [6.07, 6.45) is 3.41. The smallest absolute Gasteiger partial charge is 0.251 e. The standard InChI is InChI=1S/C12H14N4OS/c13-11(17)8-7-15-12-10(8)9(1-2-14-12)16-3-5-18-6-4-16/h1-2,7H,3-6H2,(H2,13,17)(H,14,15). The van der Waals surface area contributed by atoms with Crippen LogP contribution in [0.3, 0.4) is 0 Å². The average Bonchev–Trinajstić information content (AvgIpc) is 2.83. The zero-order valence-corrected chi connectivity index (χ0v) is 10.7. The van der Waals surface area contributed by atoms with Gasteiger partial charge in [-0.25, -0.2) is 4.98 Å². The molecule has 1 amide bonds. The van der Waals surface area contributed by atoms with Gasteiger partial charge in [-0.1, -0.05) is 0 Å². The van der Waals surface area contributed by atoms with Crippen LogP contribution in [-0.2, 0) is 0 Å². The zero-order chi connectivity index (χ0) is 12.5. The van der Waals surface area contributed by atoms with Crippen molar-refractivity contribution >= 4 is 34.4 Å². The molecule has 0 unspecified atom stereocenters. The first-order chi connectivity index (χ1) is 8.77. The van der Waals surface area contributed by atoms with Crippen molar-refractivity contribution < 1.29 is 4.79 Å². The van der Waals surface area contributed by atoms with Crippen molar-refractivity contribution in [2.45, 2.75) is 0 Å². The molecule has 2 aromatic heterocycles. The van der Waals surface area contributed by atoms with Crippen LogP contribution in [-0.4, -0.2) is 40.5 Å². The highest BCUT2D eigenvalue weighted by molar-refractivity contribution is 7.99. The van der Waals surface area contributed by atoms with Crippen LogP contribution in [0.15, 0.2) is 18.5 Å². The van der Waals surface area contributed by atoms with Gasteiger partial charge < -0.3 is 15.6 Å². The van der Waals surface area contributed by atoms with Crippen LogP contribution in [0.25, 0.3) is 11.0 Å². The van der Waals surface area contributed by atoms with Crippen molar-refractivity contribution in [2.24, 2.45) is 5.73 Å². The fourth-order valence-corrected chi connectivity index (χ4v) is 3.20. The highest BCUT2D eigenvalue weighted by Crippen LogP contribution is 2.29. The van der Waals surface area contributed by atoms with Gasteiger partial charge in [-0.3, -0.25) is 4.79 Å². The summed E-state index contributed by atoms with van der Waals surface area (Å²) in [4.78, 5) is 21.0. The number of carbonyl (C=O) groups excluding carboxylic acids is 1. The number of anilines is 1. The monoisotopic (exact) mass is 262 g/mol. The van der Waals surface area contributed by atoms with Gasteiger partial charge in [-0.05, 0) is 6.07 Å². The molecule has 3 N–H and O–H groups in total. The molecular formula is C12H14N4OS. The van der Waals surface area contributed by atoms with Crippen LogP contribution in [0.4, 0.5) is 5.69 Å². The molecule has 5 nitrogen and oxygen atoms in total. The maximum Gasteiger partial charge on any atom is 0.251 e. The molecule has 3 heterocycles. The van der Waals surface area contributed by atoms with Gasteiger partial charge in [0.15, 0.2) is 0 Å². The molecule has 0 aliphatic carbocycles. The van der Waals surface area contributed by atoms with E-state index in [4.69, 9.17) is 5.73 Å². The summed E-state index contributed by atoms with van der Waals surface area (Å²) in [5.41, 5.74) is 7.71. The Morgan fingerprint density at radius 1 is 1.44 bits per heavy atom. The van der Waals surface area contributed by atoms with E-state index in [0.29, 0.717) is 5.56 Å².